The number of carbonyl (C=O) groups is 14. The molecule has 3 aliphatic heterocycles. The molecule has 0 aromatic heterocycles. The summed E-state index contributed by atoms with van der Waals surface area (Å²) in [5.74, 6) is -11.8. The van der Waals surface area contributed by atoms with Gasteiger partial charge in [0.15, 0.2) is 40.5 Å². The minimum Gasteiger partial charge on any atom is -0.507 e. The number of phenolic OH excluding ortho intramolecular Hbond substituents is 4. The maximum absolute atomic E-state index is 14.8. The van der Waals surface area contributed by atoms with Crippen molar-refractivity contribution in [2.45, 2.75) is 214 Å². The normalized spacial score (nSPS) is 18.4. The van der Waals surface area contributed by atoms with Gasteiger partial charge in [-0.15, -0.1) is 0 Å². The van der Waals surface area contributed by atoms with Gasteiger partial charge in [0.2, 0.25) is 35.4 Å². The Morgan fingerprint density at radius 2 is 0.882 bits per heavy atom. The van der Waals surface area contributed by atoms with Crippen LogP contribution in [-0.2, 0) is 76.8 Å². The first kappa shape index (κ1) is 105. The number of halogens is 1. The number of nitrogens with two attached hydrogens (primary N) is 2. The average molecular weight is 1880 g/mol. The fourth-order valence-corrected chi connectivity index (χ4v) is 18.5. The molecule has 8 bridgehead atoms. The number of nitrogens with zero attached hydrogens (tertiary/aromatic N) is 4. The number of likely N-dealkylation sites (tertiary alicyclic amines) is 1. The number of aromatic hydroxyl groups is 4. The van der Waals surface area contributed by atoms with Crippen molar-refractivity contribution in [1.82, 2.24) is 30.2 Å². The van der Waals surface area contributed by atoms with Gasteiger partial charge in [-0.3, -0.25) is 67.1 Å². The summed E-state index contributed by atoms with van der Waals surface area (Å²) in [4.78, 5) is 200. The van der Waals surface area contributed by atoms with E-state index < -0.39 is 118 Å². The number of likely N-dealkylation sites (N-methyl/N-ethyl adjacent to an activating group) is 2. The highest BCUT2D eigenvalue weighted by Crippen LogP contribution is 2.43. The SMILES string of the molecule is CCCCc1ccc(-c2ccc(C(=O)CC[C@@H](C)C(=O)C[C@@H](CCCCN)C(=O)N(C)[C@@H]3C(=O)C[C@@H](C)C(=O)N[C@H](C(=O)C[C@@H](C)C(=O)N4CCC[C@H]4C(C)=O)Cc4ccc(O)c(c4)-c4cc3ccc4O)cc2)cc1.C[C@@H]1CC(=O)[C@@H](N(C)C(=O)[C@H](CCCCN)CC(=O)c2ccc(-c3ccc(Cl)cc3)cc2)c2ccc(O)c(c2)-c2cc(ccc2O)C[C@@H](C(=O)C[C@@H](C)C(=O)N(C)C)NC1=O. The van der Waals surface area contributed by atoms with Crippen molar-refractivity contribution >= 4 is 93.3 Å². The minimum atomic E-state index is -1.31. The van der Waals surface area contributed by atoms with E-state index in [4.69, 9.17) is 23.1 Å². The van der Waals surface area contributed by atoms with Crippen molar-refractivity contribution in [2.24, 2.45) is 52.9 Å². The van der Waals surface area contributed by atoms with E-state index in [1.807, 2.05) is 36.4 Å². The molecular weight excluding hydrogens is 1740 g/mol. The third-order valence-corrected chi connectivity index (χ3v) is 26.9. The molecule has 1 fully saturated rings. The summed E-state index contributed by atoms with van der Waals surface area (Å²) in [6.07, 6.45) is 6.44. The van der Waals surface area contributed by atoms with Crippen molar-refractivity contribution in [1.29, 1.82) is 0 Å². The molecule has 0 spiro atoms. The van der Waals surface area contributed by atoms with Crippen LogP contribution >= 0.6 is 11.6 Å². The maximum Gasteiger partial charge on any atom is 0.226 e. The first-order valence-electron chi connectivity index (χ1n) is 47.4. The number of hydrogen-bond acceptors (Lipinski definition) is 20. The second-order valence-electron chi connectivity index (χ2n) is 37.4. The van der Waals surface area contributed by atoms with Crippen LogP contribution in [0.5, 0.6) is 23.0 Å². The van der Waals surface area contributed by atoms with Crippen LogP contribution in [0.1, 0.15) is 225 Å². The van der Waals surface area contributed by atoms with E-state index >= 15 is 0 Å². The summed E-state index contributed by atoms with van der Waals surface area (Å²) in [7, 11) is 6.14. The van der Waals surface area contributed by atoms with Crippen LogP contribution in [0.4, 0.5) is 0 Å². The van der Waals surface area contributed by atoms with Crippen molar-refractivity contribution < 1.29 is 87.5 Å². The summed E-state index contributed by atoms with van der Waals surface area (Å²) in [6, 6.07) is 43.0. The molecule has 3 heterocycles. The third kappa shape index (κ3) is 27.6. The van der Waals surface area contributed by atoms with E-state index in [9.17, 15) is 87.5 Å². The molecule has 136 heavy (non-hydrogen) atoms. The van der Waals surface area contributed by atoms with Gasteiger partial charge in [0.1, 0.15) is 40.9 Å². The van der Waals surface area contributed by atoms with Crippen LogP contribution in [-0.4, -0.2) is 188 Å². The molecule has 0 unspecified atom stereocenters. The van der Waals surface area contributed by atoms with Crippen molar-refractivity contribution in [3.63, 3.8) is 0 Å². The van der Waals surface area contributed by atoms with Crippen LogP contribution in [0.25, 0.3) is 44.5 Å². The van der Waals surface area contributed by atoms with Gasteiger partial charge in [-0.25, -0.2) is 0 Å². The molecule has 10 N–H and O–H groups in total. The number of carbonyl (C=O) groups excluding carboxylic acids is 14. The fourth-order valence-electron chi connectivity index (χ4n) is 18.4. The molecule has 0 saturated carbocycles. The van der Waals surface area contributed by atoms with Gasteiger partial charge < -0.3 is 62.1 Å². The number of benzene rings is 8. The molecule has 12 atom stereocenters. The summed E-state index contributed by atoms with van der Waals surface area (Å²) in [5, 5.41) is 51.0. The van der Waals surface area contributed by atoms with Gasteiger partial charge in [-0.2, -0.15) is 0 Å². The van der Waals surface area contributed by atoms with Crippen molar-refractivity contribution in [2.75, 3.05) is 47.8 Å². The van der Waals surface area contributed by atoms with E-state index in [1.54, 1.807) is 109 Å². The lowest BCUT2D eigenvalue weighted by atomic mass is 9.86. The van der Waals surface area contributed by atoms with Crippen LogP contribution in [0.15, 0.2) is 170 Å². The van der Waals surface area contributed by atoms with Gasteiger partial charge in [0, 0.05) is 160 Å². The first-order valence-corrected chi connectivity index (χ1v) is 47.8. The second-order valence-corrected chi connectivity index (χ2v) is 37.8. The molecule has 26 nitrogen and oxygen atoms in total. The number of ketones is 8. The molecule has 11 rings (SSSR count). The van der Waals surface area contributed by atoms with E-state index in [1.165, 1.54) is 94.7 Å². The summed E-state index contributed by atoms with van der Waals surface area (Å²) >= 11 is 6.06. The van der Waals surface area contributed by atoms with Gasteiger partial charge in [0.25, 0.3) is 0 Å². The lowest BCUT2D eigenvalue weighted by Gasteiger charge is -2.32. The Morgan fingerprint density at radius 3 is 1.32 bits per heavy atom. The largest absolute Gasteiger partial charge is 0.507 e. The number of nitrogens with one attached hydrogen (secondary N) is 2. The lowest BCUT2D eigenvalue weighted by Crippen LogP contribution is -2.47. The smallest absolute Gasteiger partial charge is 0.226 e. The standard InChI is InChI=1S/C61H76N4O10.C48H55ClN4O8/c1-7-8-12-41-16-19-43(20-17-41)44-21-23-45(24-22-44)52(67)26-15-37(2)55(70)36-47(13-9-10-29-62)61(75)64(6)58-46-25-28-54(69)49(35-46)48-33-42(18-27-53(48)68)34-50(63-59(73)38(3)31-57(58)72)56(71)32-39(4)60(74)65-30-11-14-51(65)40(5)66;1-28-22-44(58)45(53(5)48(61)35(8-6-7-21-50)27-42(56)33-12-10-31(11-13-33)32-14-17-36(49)18-15-32)34-16-20-41(55)38(26-34)37-24-30(9-19-40(37)54)25-39(51-46(28)59)43(57)23-29(2)47(60)52(3)4/h16-25,27-28,33,35,37-39,47,50-51,58,68-69H,7-15,26,29-32,34,36,62H2,1-6H3,(H,63,73);9-20,24,26,28-29,35,39,45,54-55H,6-8,21-23,25,27,50H2,1-5H3,(H,51,59)/t37-,38-,39-,47-,50+,51+,58+;28-,29-,35-,39+,45+/m11/s1. The van der Waals surface area contributed by atoms with E-state index in [0.717, 1.165) is 41.5 Å². The van der Waals surface area contributed by atoms with Gasteiger partial charge in [-0.05, 0) is 201 Å². The number of rotatable bonds is 36. The Kier molecular flexibility index (Phi) is 38.1. The Bertz CT molecular complexity index is 5660. The topological polar surface area (TPSA) is 409 Å². The van der Waals surface area contributed by atoms with Gasteiger partial charge in [0.05, 0.1) is 18.1 Å². The van der Waals surface area contributed by atoms with Crippen molar-refractivity contribution in [3.8, 4) is 67.5 Å². The van der Waals surface area contributed by atoms with E-state index in [2.05, 4.69) is 41.8 Å². The second kappa shape index (κ2) is 49.2. The quantitative estimate of drug-likeness (QED) is 0.0134. The molecule has 0 aliphatic carbocycles. The summed E-state index contributed by atoms with van der Waals surface area (Å²) < 4.78 is 0. The zero-order valence-electron chi connectivity index (χ0n) is 79.9. The Balaban J connectivity index is 0.000000287. The molecule has 3 aliphatic rings. The average Bonchev–Trinajstić information content (AvgIpc) is 1.59. The number of Topliss-reactive ketones (excluding diaryl/α,β-unsaturated/α-hetero) is 8. The number of hydrogen-bond donors (Lipinski definition) is 8. The number of phenols is 4. The molecule has 27 heteroatoms. The number of amides is 6. The molecule has 722 valence electrons. The Labute approximate surface area is 802 Å². The molecule has 0 radical (unpaired) electrons. The predicted octanol–water partition coefficient (Wildman–Crippen LogP) is 16.0. The van der Waals surface area contributed by atoms with Crippen LogP contribution < -0.4 is 22.1 Å². The zero-order valence-corrected chi connectivity index (χ0v) is 80.6. The highest BCUT2D eigenvalue weighted by Gasteiger charge is 2.42. The highest BCUT2D eigenvalue weighted by atomic mass is 35.5. The van der Waals surface area contributed by atoms with Crippen molar-refractivity contribution in [3.05, 3.63) is 214 Å². The molecule has 1 saturated heterocycles. The Hall–Kier alpha value is -12.7. The number of unbranched alkanes of at least 4 members (excludes halogenated alkanes) is 3. The Morgan fingerprint density at radius 1 is 0.471 bits per heavy atom. The maximum atomic E-state index is 14.8. The van der Waals surface area contributed by atoms with E-state index in [0.29, 0.717) is 109 Å². The highest BCUT2D eigenvalue weighted by molar-refractivity contribution is 6.30. The molecule has 8 aromatic rings. The number of fused-ring (bicyclic) bond motifs is 10. The van der Waals surface area contributed by atoms with Crippen LogP contribution in [0.3, 0.4) is 0 Å². The third-order valence-electron chi connectivity index (χ3n) is 26.6. The van der Waals surface area contributed by atoms with Gasteiger partial charge >= 0.3 is 0 Å². The fraction of sp³-hybridized carbons (Fsp3) is 0.431. The summed E-state index contributed by atoms with van der Waals surface area (Å²) in [5.41, 5.74) is 20.2. The van der Waals surface area contributed by atoms with Crippen LogP contribution in [0.2, 0.25) is 5.02 Å². The molecule has 6 amide bonds. The predicted molar refractivity (Wildman–Crippen MR) is 523 cm³/mol. The van der Waals surface area contributed by atoms with E-state index in [-0.39, 0.29) is 144 Å². The van der Waals surface area contributed by atoms with Crippen LogP contribution in [0, 0.1) is 41.4 Å². The zero-order chi connectivity index (χ0) is 99.1. The summed E-state index contributed by atoms with van der Waals surface area (Å²) in [6.45, 7) is 12.9. The molecule has 8 aromatic carbocycles. The molecular formula is C109H131ClN8O18. The number of aryl methyl sites for hydroxylation is 1. The monoisotopic (exact) mass is 1870 g/mol. The lowest BCUT2D eigenvalue weighted by molar-refractivity contribution is -0.144. The van der Waals surface area contributed by atoms with Gasteiger partial charge in [-0.1, -0.05) is 182 Å². The minimum absolute atomic E-state index is 0.0124. The first-order chi connectivity index (χ1) is 64.8.